The lowest BCUT2D eigenvalue weighted by atomic mass is 10.1. The molecule has 1 atom stereocenters. The Kier molecular flexibility index (Phi) is 4.18. The van der Waals surface area contributed by atoms with E-state index >= 15 is 0 Å². The Morgan fingerprint density at radius 1 is 1.32 bits per heavy atom. The minimum atomic E-state index is -0.500. The highest BCUT2D eigenvalue weighted by Crippen LogP contribution is 2.27. The number of aryl methyl sites for hydroxylation is 1. The topological polar surface area (TPSA) is 102 Å². The minimum Gasteiger partial charge on any atom is -0.444 e. The van der Waals surface area contributed by atoms with Crippen LogP contribution in [0.3, 0.4) is 0 Å². The lowest BCUT2D eigenvalue weighted by Gasteiger charge is -2.40. The maximum Gasteiger partial charge on any atom is 0.410 e. The number of amides is 1. The van der Waals surface area contributed by atoms with Gasteiger partial charge in [-0.15, -0.1) is 0 Å². The van der Waals surface area contributed by atoms with Gasteiger partial charge in [0.25, 0.3) is 0 Å². The van der Waals surface area contributed by atoms with Crippen LogP contribution in [-0.2, 0) is 11.8 Å². The fraction of sp³-hybridized carbons (Fsp3) is 0.625. The molecule has 1 aliphatic heterocycles. The smallest absolute Gasteiger partial charge is 0.410 e. The molecule has 2 aromatic rings. The summed E-state index contributed by atoms with van der Waals surface area (Å²) in [5.41, 5.74) is 6.07. The van der Waals surface area contributed by atoms with Gasteiger partial charge < -0.3 is 20.3 Å². The molecule has 25 heavy (non-hydrogen) atoms. The number of carbonyl (C=O) groups excluding carboxylic acids is 1. The average Bonchev–Trinajstić information content (AvgIpc) is 2.86. The number of hydrogen-bond acceptors (Lipinski definition) is 7. The van der Waals surface area contributed by atoms with Crippen LogP contribution in [-0.4, -0.2) is 62.0 Å². The number of ether oxygens (including phenoxy) is 1. The molecule has 0 radical (unpaired) electrons. The van der Waals surface area contributed by atoms with Crippen molar-refractivity contribution in [3.63, 3.8) is 0 Å². The van der Waals surface area contributed by atoms with Gasteiger partial charge in [0.15, 0.2) is 5.65 Å². The van der Waals surface area contributed by atoms with E-state index < -0.39 is 5.60 Å². The molecule has 2 N–H and O–H groups in total. The highest BCUT2D eigenvalue weighted by molar-refractivity contribution is 5.88. The molecule has 1 aliphatic rings. The first-order valence-corrected chi connectivity index (χ1v) is 8.35. The third-order valence-electron chi connectivity index (χ3n) is 4.14. The molecule has 0 aromatic carbocycles. The molecular weight excluding hydrogens is 322 g/mol. The summed E-state index contributed by atoms with van der Waals surface area (Å²) in [4.78, 5) is 24.9. The zero-order chi connectivity index (χ0) is 18.4. The number of aromatic nitrogens is 4. The average molecular weight is 347 g/mol. The van der Waals surface area contributed by atoms with Crippen molar-refractivity contribution in [3.05, 3.63) is 6.20 Å². The van der Waals surface area contributed by atoms with E-state index in [9.17, 15) is 4.79 Å². The Balaban J connectivity index is 1.82. The Hall–Kier alpha value is -2.58. The van der Waals surface area contributed by atoms with E-state index in [0.29, 0.717) is 25.3 Å². The van der Waals surface area contributed by atoms with Crippen molar-refractivity contribution < 1.29 is 9.53 Å². The molecule has 1 unspecified atom stereocenters. The molecule has 0 bridgehead atoms. The fourth-order valence-electron chi connectivity index (χ4n) is 3.01. The molecule has 1 amide bonds. The largest absolute Gasteiger partial charge is 0.444 e. The maximum atomic E-state index is 12.3. The van der Waals surface area contributed by atoms with E-state index in [1.54, 1.807) is 15.8 Å². The second-order valence-corrected chi connectivity index (χ2v) is 7.38. The maximum absolute atomic E-state index is 12.3. The summed E-state index contributed by atoms with van der Waals surface area (Å²) in [6, 6.07) is 0.0685. The van der Waals surface area contributed by atoms with Gasteiger partial charge in [0.05, 0.1) is 11.6 Å². The van der Waals surface area contributed by atoms with Gasteiger partial charge in [0.1, 0.15) is 11.4 Å². The normalized spacial score (nSPS) is 18.7. The van der Waals surface area contributed by atoms with Crippen LogP contribution in [0.1, 0.15) is 27.7 Å². The van der Waals surface area contributed by atoms with Gasteiger partial charge in [-0.1, -0.05) is 0 Å². The van der Waals surface area contributed by atoms with E-state index in [0.717, 1.165) is 11.2 Å². The highest BCUT2D eigenvalue weighted by atomic mass is 16.6. The van der Waals surface area contributed by atoms with Gasteiger partial charge in [-0.3, -0.25) is 4.68 Å². The van der Waals surface area contributed by atoms with Gasteiger partial charge in [0, 0.05) is 32.7 Å². The first-order chi connectivity index (χ1) is 11.7. The highest BCUT2D eigenvalue weighted by Gasteiger charge is 2.31. The van der Waals surface area contributed by atoms with Crippen molar-refractivity contribution in [2.75, 3.05) is 30.3 Å². The molecule has 3 rings (SSSR count). The number of nitrogens with two attached hydrogens (primary N) is 1. The first-order valence-electron chi connectivity index (χ1n) is 8.35. The quantitative estimate of drug-likeness (QED) is 0.831. The van der Waals surface area contributed by atoms with Crippen molar-refractivity contribution in [1.82, 2.24) is 24.6 Å². The van der Waals surface area contributed by atoms with E-state index in [1.165, 1.54) is 0 Å². The van der Waals surface area contributed by atoms with E-state index in [-0.39, 0.29) is 18.1 Å². The number of nitrogens with zero attached hydrogens (tertiary/aromatic N) is 6. The number of rotatable bonds is 1. The Bertz CT molecular complexity index is 796. The van der Waals surface area contributed by atoms with Crippen LogP contribution in [0.4, 0.5) is 16.6 Å². The van der Waals surface area contributed by atoms with Gasteiger partial charge in [0.2, 0.25) is 5.95 Å². The van der Waals surface area contributed by atoms with E-state index in [2.05, 4.69) is 26.9 Å². The van der Waals surface area contributed by atoms with Crippen LogP contribution in [0.5, 0.6) is 0 Å². The fourth-order valence-corrected chi connectivity index (χ4v) is 3.01. The van der Waals surface area contributed by atoms with E-state index in [4.69, 9.17) is 10.5 Å². The monoisotopic (exact) mass is 347 g/mol. The number of nitrogen functional groups attached to an aromatic ring is 1. The lowest BCUT2D eigenvalue weighted by molar-refractivity contribution is 0.0218. The summed E-state index contributed by atoms with van der Waals surface area (Å²) in [5, 5.41) is 5.10. The molecule has 2 aromatic heterocycles. The zero-order valence-corrected chi connectivity index (χ0v) is 15.4. The van der Waals surface area contributed by atoms with Crippen molar-refractivity contribution in [3.8, 4) is 0 Å². The van der Waals surface area contributed by atoms with Crippen molar-refractivity contribution in [2.45, 2.75) is 39.3 Å². The number of carbonyl (C=O) groups is 1. The lowest BCUT2D eigenvalue weighted by Crippen LogP contribution is -2.54. The number of piperazine rings is 1. The van der Waals surface area contributed by atoms with E-state index in [1.807, 2.05) is 27.8 Å². The molecule has 1 saturated heterocycles. The van der Waals surface area contributed by atoms with Gasteiger partial charge >= 0.3 is 6.09 Å². The standard InChI is InChI=1S/C16H25N7O2/c1-10-9-22(15(24)25-16(2,3)4)6-7-23(10)13-11-8-18-21(5)12(11)19-14(17)20-13/h8,10H,6-7,9H2,1-5H3,(H2,17,19,20). The molecule has 136 valence electrons. The van der Waals surface area contributed by atoms with Crippen LogP contribution in [0, 0.1) is 0 Å². The van der Waals surface area contributed by atoms with Crippen LogP contribution in [0.15, 0.2) is 6.20 Å². The zero-order valence-electron chi connectivity index (χ0n) is 15.4. The third kappa shape index (κ3) is 3.45. The summed E-state index contributed by atoms with van der Waals surface area (Å²) < 4.78 is 7.15. The summed E-state index contributed by atoms with van der Waals surface area (Å²) in [6.45, 7) is 9.41. The predicted molar refractivity (Wildman–Crippen MR) is 95.3 cm³/mol. The van der Waals surface area contributed by atoms with Gasteiger partial charge in [-0.25, -0.2) is 4.79 Å². The molecular formula is C16H25N7O2. The van der Waals surface area contributed by atoms with Crippen LogP contribution in [0.25, 0.3) is 11.0 Å². The summed E-state index contributed by atoms with van der Waals surface area (Å²) in [7, 11) is 1.82. The molecule has 9 heteroatoms. The second kappa shape index (κ2) is 6.05. The molecule has 0 aliphatic carbocycles. The van der Waals surface area contributed by atoms with Gasteiger partial charge in [-0.2, -0.15) is 15.1 Å². The predicted octanol–water partition coefficient (Wildman–Crippen LogP) is 1.39. The summed E-state index contributed by atoms with van der Waals surface area (Å²) in [6.07, 6.45) is 1.46. The SMILES string of the molecule is CC1CN(C(=O)OC(C)(C)C)CCN1c1nc(N)nc2c1cnn2C. The van der Waals surface area contributed by atoms with Gasteiger partial charge in [-0.05, 0) is 27.7 Å². The Morgan fingerprint density at radius 2 is 2.04 bits per heavy atom. The molecule has 0 spiro atoms. The summed E-state index contributed by atoms with van der Waals surface area (Å²) in [5.74, 6) is 0.972. The molecule has 1 fully saturated rings. The Morgan fingerprint density at radius 3 is 2.68 bits per heavy atom. The molecule has 9 nitrogen and oxygen atoms in total. The van der Waals surface area contributed by atoms with Crippen molar-refractivity contribution in [2.24, 2.45) is 7.05 Å². The number of hydrogen-bond donors (Lipinski definition) is 1. The van der Waals surface area contributed by atoms with Crippen LogP contribution >= 0.6 is 0 Å². The third-order valence-corrected chi connectivity index (χ3v) is 4.14. The number of fused-ring (bicyclic) bond motifs is 1. The first kappa shape index (κ1) is 17.2. The van der Waals surface area contributed by atoms with Crippen molar-refractivity contribution in [1.29, 1.82) is 0 Å². The Labute approximate surface area is 146 Å². The van der Waals surface area contributed by atoms with Crippen LogP contribution < -0.4 is 10.6 Å². The number of anilines is 2. The minimum absolute atomic E-state index is 0.0685. The van der Waals surface area contributed by atoms with Crippen molar-refractivity contribution >= 4 is 28.9 Å². The second-order valence-electron chi connectivity index (χ2n) is 7.38. The summed E-state index contributed by atoms with van der Waals surface area (Å²) >= 11 is 0. The van der Waals surface area contributed by atoms with Crippen LogP contribution in [0.2, 0.25) is 0 Å². The molecule has 0 saturated carbocycles. The molecule has 3 heterocycles.